The van der Waals surface area contributed by atoms with E-state index >= 15 is 0 Å². The first-order valence-electron chi connectivity index (χ1n) is 8.17. The largest absolute Gasteiger partial charge is 0.497 e. The van der Waals surface area contributed by atoms with Gasteiger partial charge in [-0.1, -0.05) is 26.3 Å². The lowest BCUT2D eigenvalue weighted by atomic mass is 9.78. The lowest BCUT2D eigenvalue weighted by molar-refractivity contribution is 0.303. The Bertz CT molecular complexity index is 416. The van der Waals surface area contributed by atoms with Crippen LogP contribution in [0.3, 0.4) is 0 Å². The van der Waals surface area contributed by atoms with Gasteiger partial charge in [-0.25, -0.2) is 0 Å². The van der Waals surface area contributed by atoms with Crippen molar-refractivity contribution >= 4 is 0 Å². The van der Waals surface area contributed by atoms with Crippen molar-refractivity contribution in [1.29, 1.82) is 0 Å². The molecule has 1 aliphatic rings. The van der Waals surface area contributed by atoms with Crippen LogP contribution in [0.2, 0.25) is 0 Å². The molecule has 2 atom stereocenters. The maximum Gasteiger partial charge on any atom is 0.119 e. The van der Waals surface area contributed by atoms with E-state index in [9.17, 15) is 0 Å². The zero-order valence-electron chi connectivity index (χ0n) is 13.2. The van der Waals surface area contributed by atoms with Crippen LogP contribution in [0.15, 0.2) is 18.2 Å². The summed E-state index contributed by atoms with van der Waals surface area (Å²) in [5, 5.41) is 3.77. The van der Waals surface area contributed by atoms with E-state index in [4.69, 9.17) is 4.74 Å². The topological polar surface area (TPSA) is 21.3 Å². The fourth-order valence-electron chi connectivity index (χ4n) is 3.38. The van der Waals surface area contributed by atoms with Crippen molar-refractivity contribution in [3.05, 3.63) is 29.3 Å². The molecule has 20 heavy (non-hydrogen) atoms. The zero-order valence-corrected chi connectivity index (χ0v) is 13.2. The van der Waals surface area contributed by atoms with Gasteiger partial charge in [-0.05, 0) is 67.8 Å². The van der Waals surface area contributed by atoms with Crippen LogP contribution in [0.1, 0.15) is 50.7 Å². The lowest BCUT2D eigenvalue weighted by Gasteiger charge is -2.32. The minimum Gasteiger partial charge on any atom is -0.497 e. The minimum atomic E-state index is 0.680. The summed E-state index contributed by atoms with van der Waals surface area (Å²) >= 11 is 0. The molecule has 2 unspecified atom stereocenters. The number of hydrogen-bond donors (Lipinski definition) is 1. The molecule has 0 amide bonds. The van der Waals surface area contributed by atoms with E-state index in [0.29, 0.717) is 6.04 Å². The van der Waals surface area contributed by atoms with Crippen molar-refractivity contribution in [3.63, 3.8) is 0 Å². The fraction of sp³-hybridized carbons (Fsp3) is 0.667. The van der Waals surface area contributed by atoms with Gasteiger partial charge >= 0.3 is 0 Å². The number of fused-ring (bicyclic) bond motifs is 1. The van der Waals surface area contributed by atoms with Crippen molar-refractivity contribution in [1.82, 2.24) is 5.32 Å². The highest BCUT2D eigenvalue weighted by molar-refractivity contribution is 5.37. The van der Waals surface area contributed by atoms with Crippen molar-refractivity contribution < 1.29 is 4.74 Å². The number of methoxy groups -OCH3 is 1. The van der Waals surface area contributed by atoms with Gasteiger partial charge in [0.15, 0.2) is 0 Å². The minimum absolute atomic E-state index is 0.680. The van der Waals surface area contributed by atoms with Gasteiger partial charge in [-0.2, -0.15) is 0 Å². The van der Waals surface area contributed by atoms with Crippen LogP contribution in [0.25, 0.3) is 0 Å². The molecule has 112 valence electrons. The second kappa shape index (κ2) is 7.68. The molecule has 0 heterocycles. The fourth-order valence-corrected chi connectivity index (χ4v) is 3.38. The van der Waals surface area contributed by atoms with E-state index in [1.54, 1.807) is 7.11 Å². The van der Waals surface area contributed by atoms with Gasteiger partial charge < -0.3 is 10.1 Å². The molecule has 2 rings (SSSR count). The Hall–Kier alpha value is -1.02. The molecule has 1 aliphatic carbocycles. The Labute approximate surface area is 123 Å². The summed E-state index contributed by atoms with van der Waals surface area (Å²) < 4.78 is 5.37. The van der Waals surface area contributed by atoms with Gasteiger partial charge in [-0.15, -0.1) is 0 Å². The van der Waals surface area contributed by atoms with Crippen LogP contribution < -0.4 is 10.1 Å². The maximum absolute atomic E-state index is 5.37. The molecule has 1 aromatic carbocycles. The number of benzene rings is 1. The zero-order chi connectivity index (χ0) is 14.4. The van der Waals surface area contributed by atoms with Gasteiger partial charge in [-0.3, -0.25) is 0 Å². The second-order valence-corrected chi connectivity index (χ2v) is 5.99. The average Bonchev–Trinajstić information content (AvgIpc) is 2.50. The number of aryl methyl sites for hydroxylation is 1. The Morgan fingerprint density at radius 1 is 1.25 bits per heavy atom. The third-order valence-electron chi connectivity index (χ3n) is 4.51. The van der Waals surface area contributed by atoms with E-state index in [1.807, 2.05) is 0 Å². The summed E-state index contributed by atoms with van der Waals surface area (Å²) in [6.07, 6.45) is 7.52. The Balaban J connectivity index is 2.07. The molecule has 0 bridgehead atoms. The van der Waals surface area contributed by atoms with Gasteiger partial charge in [0.1, 0.15) is 5.75 Å². The normalized spacial score (nSPS) is 19.4. The first-order chi connectivity index (χ1) is 9.78. The van der Waals surface area contributed by atoms with E-state index < -0.39 is 0 Å². The number of hydrogen-bond acceptors (Lipinski definition) is 2. The van der Waals surface area contributed by atoms with Crippen LogP contribution in [0.5, 0.6) is 5.75 Å². The Morgan fingerprint density at radius 2 is 2.10 bits per heavy atom. The van der Waals surface area contributed by atoms with Gasteiger partial charge in [0, 0.05) is 6.04 Å². The first kappa shape index (κ1) is 15.4. The molecule has 1 aromatic rings. The summed E-state index contributed by atoms with van der Waals surface area (Å²) in [6, 6.07) is 7.26. The lowest BCUT2D eigenvalue weighted by Crippen LogP contribution is -2.39. The van der Waals surface area contributed by atoms with Gasteiger partial charge in [0.05, 0.1) is 7.11 Å². The standard InChI is InChI=1S/C18H29NO/c1-4-6-18(19-11-5-2)15-8-7-14-9-10-17(20-3)13-16(14)12-15/h9-10,13,15,18-19H,4-8,11-12H2,1-3H3. The van der Waals surface area contributed by atoms with Crippen LogP contribution in [-0.4, -0.2) is 19.7 Å². The predicted octanol–water partition coefficient (Wildman–Crippen LogP) is 3.97. The van der Waals surface area contributed by atoms with E-state index in [-0.39, 0.29) is 0 Å². The third-order valence-corrected chi connectivity index (χ3v) is 4.51. The van der Waals surface area contributed by atoms with Gasteiger partial charge in [0.25, 0.3) is 0 Å². The average molecular weight is 275 g/mol. The summed E-state index contributed by atoms with van der Waals surface area (Å²) in [5.41, 5.74) is 3.02. The molecule has 1 N–H and O–H groups in total. The van der Waals surface area contributed by atoms with Crippen molar-refractivity contribution in [2.75, 3.05) is 13.7 Å². The molecule has 0 spiro atoms. The number of rotatable bonds is 7. The highest BCUT2D eigenvalue weighted by Gasteiger charge is 2.25. The van der Waals surface area contributed by atoms with E-state index in [0.717, 1.165) is 18.2 Å². The second-order valence-electron chi connectivity index (χ2n) is 5.99. The Morgan fingerprint density at radius 3 is 2.80 bits per heavy atom. The summed E-state index contributed by atoms with van der Waals surface area (Å²) in [6.45, 7) is 5.68. The first-order valence-corrected chi connectivity index (χ1v) is 8.17. The molecule has 2 nitrogen and oxygen atoms in total. The SMILES string of the molecule is CCCNC(CCC)C1CCc2ccc(OC)cc2C1. The monoisotopic (exact) mass is 275 g/mol. The molecule has 0 saturated heterocycles. The van der Waals surface area contributed by atoms with Crippen molar-refractivity contribution in [3.8, 4) is 5.75 Å². The molecule has 0 aromatic heterocycles. The molecular formula is C18H29NO. The highest BCUT2D eigenvalue weighted by atomic mass is 16.5. The summed E-state index contributed by atoms with van der Waals surface area (Å²) in [7, 11) is 1.75. The van der Waals surface area contributed by atoms with Crippen LogP contribution >= 0.6 is 0 Å². The predicted molar refractivity (Wildman–Crippen MR) is 85.5 cm³/mol. The molecular weight excluding hydrogens is 246 g/mol. The molecule has 0 radical (unpaired) electrons. The van der Waals surface area contributed by atoms with E-state index in [2.05, 4.69) is 37.4 Å². The quantitative estimate of drug-likeness (QED) is 0.813. The van der Waals surface area contributed by atoms with Crippen LogP contribution in [0, 0.1) is 5.92 Å². The molecule has 0 aliphatic heterocycles. The third kappa shape index (κ3) is 3.76. The van der Waals surface area contributed by atoms with Crippen molar-refractivity contribution in [2.45, 2.75) is 58.4 Å². The van der Waals surface area contributed by atoms with Crippen LogP contribution in [0.4, 0.5) is 0 Å². The maximum atomic E-state index is 5.37. The highest BCUT2D eigenvalue weighted by Crippen LogP contribution is 2.31. The summed E-state index contributed by atoms with van der Waals surface area (Å²) in [4.78, 5) is 0. The molecule has 0 saturated carbocycles. The summed E-state index contributed by atoms with van der Waals surface area (Å²) in [5.74, 6) is 1.78. The molecule has 0 fully saturated rings. The molecule has 2 heteroatoms. The number of ether oxygens (including phenoxy) is 1. The number of nitrogens with one attached hydrogen (secondary N) is 1. The Kier molecular flexibility index (Phi) is 5.90. The van der Waals surface area contributed by atoms with E-state index in [1.165, 1.54) is 49.7 Å². The van der Waals surface area contributed by atoms with Crippen LogP contribution in [-0.2, 0) is 12.8 Å². The van der Waals surface area contributed by atoms with Crippen molar-refractivity contribution in [2.24, 2.45) is 5.92 Å². The van der Waals surface area contributed by atoms with Gasteiger partial charge in [0.2, 0.25) is 0 Å². The smallest absolute Gasteiger partial charge is 0.119 e.